The van der Waals surface area contributed by atoms with Crippen LogP contribution in [-0.2, 0) is 13.2 Å². The molecule has 0 spiro atoms. The van der Waals surface area contributed by atoms with Crippen molar-refractivity contribution in [3.05, 3.63) is 53.1 Å². The van der Waals surface area contributed by atoms with Gasteiger partial charge in [-0.15, -0.1) is 0 Å². The van der Waals surface area contributed by atoms with Crippen molar-refractivity contribution in [3.8, 4) is 0 Å². The SMILES string of the molecule is Cn1nc(C(=O)N2CCC[C@@H]2c2ccc(F)cc2)cc1C(F)(F)F. The van der Waals surface area contributed by atoms with Crippen LogP contribution in [0.25, 0.3) is 0 Å². The van der Waals surface area contributed by atoms with E-state index in [-0.39, 0.29) is 17.6 Å². The summed E-state index contributed by atoms with van der Waals surface area (Å²) >= 11 is 0. The van der Waals surface area contributed by atoms with Gasteiger partial charge >= 0.3 is 6.18 Å². The number of amides is 1. The summed E-state index contributed by atoms with van der Waals surface area (Å²) in [5.41, 5.74) is -0.448. The van der Waals surface area contributed by atoms with E-state index in [1.807, 2.05) is 0 Å². The number of nitrogens with zero attached hydrogens (tertiary/aromatic N) is 3. The number of aromatic nitrogens is 2. The van der Waals surface area contributed by atoms with E-state index in [9.17, 15) is 22.4 Å². The lowest BCUT2D eigenvalue weighted by molar-refractivity contribution is -0.143. The minimum atomic E-state index is -4.57. The molecule has 1 aliphatic rings. The van der Waals surface area contributed by atoms with Crippen molar-refractivity contribution in [2.24, 2.45) is 7.05 Å². The van der Waals surface area contributed by atoms with Crippen LogP contribution in [0, 0.1) is 5.82 Å². The van der Waals surface area contributed by atoms with Crippen molar-refractivity contribution in [1.29, 1.82) is 0 Å². The van der Waals surface area contributed by atoms with Crippen LogP contribution in [0.15, 0.2) is 30.3 Å². The summed E-state index contributed by atoms with van der Waals surface area (Å²) < 4.78 is 52.3. The lowest BCUT2D eigenvalue weighted by Crippen LogP contribution is -2.31. The zero-order valence-electron chi connectivity index (χ0n) is 12.8. The molecule has 24 heavy (non-hydrogen) atoms. The lowest BCUT2D eigenvalue weighted by atomic mass is 10.0. The smallest absolute Gasteiger partial charge is 0.330 e. The summed E-state index contributed by atoms with van der Waals surface area (Å²) in [6.45, 7) is 0.429. The molecule has 4 nitrogen and oxygen atoms in total. The Bertz CT molecular complexity index is 752. The first kappa shape index (κ1) is 16.5. The van der Waals surface area contributed by atoms with Crippen LogP contribution >= 0.6 is 0 Å². The minimum absolute atomic E-state index is 0.237. The molecule has 3 rings (SSSR count). The second kappa shape index (κ2) is 5.92. The van der Waals surface area contributed by atoms with Crippen LogP contribution < -0.4 is 0 Å². The predicted octanol–water partition coefficient (Wildman–Crippen LogP) is 3.56. The summed E-state index contributed by atoms with van der Waals surface area (Å²) in [5.74, 6) is -0.929. The Morgan fingerprint density at radius 3 is 2.50 bits per heavy atom. The minimum Gasteiger partial charge on any atom is -0.330 e. The van der Waals surface area contributed by atoms with Crippen molar-refractivity contribution in [2.75, 3.05) is 6.54 Å². The molecule has 0 aliphatic carbocycles. The zero-order chi connectivity index (χ0) is 17.5. The van der Waals surface area contributed by atoms with Gasteiger partial charge in [0.25, 0.3) is 5.91 Å². The Morgan fingerprint density at radius 2 is 1.92 bits per heavy atom. The average molecular weight is 341 g/mol. The van der Waals surface area contributed by atoms with Gasteiger partial charge < -0.3 is 4.90 Å². The van der Waals surface area contributed by atoms with Gasteiger partial charge in [0.15, 0.2) is 5.69 Å². The maximum absolute atomic E-state index is 13.1. The van der Waals surface area contributed by atoms with Crippen LogP contribution in [0.2, 0.25) is 0 Å². The van der Waals surface area contributed by atoms with Gasteiger partial charge in [-0.1, -0.05) is 12.1 Å². The van der Waals surface area contributed by atoms with E-state index in [4.69, 9.17) is 0 Å². The number of hydrogen-bond acceptors (Lipinski definition) is 2. The molecule has 2 aromatic rings. The third kappa shape index (κ3) is 3.00. The van der Waals surface area contributed by atoms with Gasteiger partial charge in [0.05, 0.1) is 6.04 Å². The molecule has 0 unspecified atom stereocenters. The number of aryl methyl sites for hydroxylation is 1. The van der Waals surface area contributed by atoms with E-state index < -0.39 is 17.8 Å². The molecular formula is C16H15F4N3O. The second-order valence-electron chi connectivity index (χ2n) is 5.74. The molecule has 0 bridgehead atoms. The summed E-state index contributed by atoms with van der Waals surface area (Å²) in [6, 6.07) is 6.27. The third-order valence-corrected chi connectivity index (χ3v) is 4.16. The van der Waals surface area contributed by atoms with E-state index in [1.54, 1.807) is 12.1 Å². The highest BCUT2D eigenvalue weighted by molar-refractivity contribution is 5.93. The first-order chi connectivity index (χ1) is 11.3. The van der Waals surface area contributed by atoms with Crippen LogP contribution in [0.4, 0.5) is 17.6 Å². The zero-order valence-corrected chi connectivity index (χ0v) is 12.8. The molecule has 1 saturated heterocycles. The highest BCUT2D eigenvalue weighted by atomic mass is 19.4. The molecule has 1 atom stereocenters. The molecule has 0 radical (unpaired) electrons. The van der Waals surface area contributed by atoms with Gasteiger partial charge in [-0.2, -0.15) is 18.3 Å². The maximum Gasteiger partial charge on any atom is 0.433 e. The van der Waals surface area contributed by atoms with E-state index in [2.05, 4.69) is 5.10 Å². The van der Waals surface area contributed by atoms with Crippen LogP contribution in [0.5, 0.6) is 0 Å². The summed E-state index contributed by atoms with van der Waals surface area (Å²) in [6.07, 6.45) is -3.16. The lowest BCUT2D eigenvalue weighted by Gasteiger charge is -2.24. The predicted molar refractivity (Wildman–Crippen MR) is 77.6 cm³/mol. The Morgan fingerprint density at radius 1 is 1.25 bits per heavy atom. The van der Waals surface area contributed by atoms with Crippen LogP contribution in [-0.4, -0.2) is 27.1 Å². The van der Waals surface area contributed by atoms with E-state index >= 15 is 0 Å². The molecular weight excluding hydrogens is 326 g/mol. The molecule has 1 aliphatic heterocycles. The molecule has 128 valence electrons. The first-order valence-corrected chi connectivity index (χ1v) is 7.45. The molecule has 1 amide bonds. The Hall–Kier alpha value is -2.38. The number of alkyl halides is 3. The fraction of sp³-hybridized carbons (Fsp3) is 0.375. The van der Waals surface area contributed by atoms with Crippen molar-refractivity contribution in [2.45, 2.75) is 25.1 Å². The first-order valence-electron chi connectivity index (χ1n) is 7.45. The van der Waals surface area contributed by atoms with Crippen molar-refractivity contribution >= 4 is 5.91 Å². The quantitative estimate of drug-likeness (QED) is 0.784. The molecule has 0 N–H and O–H groups in total. The van der Waals surface area contributed by atoms with Gasteiger partial charge in [-0.3, -0.25) is 9.48 Å². The molecule has 8 heteroatoms. The van der Waals surface area contributed by atoms with Crippen LogP contribution in [0.3, 0.4) is 0 Å². The van der Waals surface area contributed by atoms with E-state index in [1.165, 1.54) is 17.0 Å². The monoisotopic (exact) mass is 341 g/mol. The van der Waals surface area contributed by atoms with E-state index in [0.29, 0.717) is 17.6 Å². The summed E-state index contributed by atoms with van der Waals surface area (Å²) in [4.78, 5) is 14.1. The number of carbonyl (C=O) groups is 1. The largest absolute Gasteiger partial charge is 0.433 e. The molecule has 0 saturated carbocycles. The number of hydrogen-bond donors (Lipinski definition) is 0. The number of rotatable bonds is 2. The fourth-order valence-electron chi connectivity index (χ4n) is 3.03. The molecule has 2 heterocycles. The second-order valence-corrected chi connectivity index (χ2v) is 5.74. The molecule has 1 fully saturated rings. The van der Waals surface area contributed by atoms with Gasteiger partial charge in [-0.25, -0.2) is 4.39 Å². The van der Waals surface area contributed by atoms with Gasteiger partial charge in [0.2, 0.25) is 0 Å². The normalized spacial score (nSPS) is 18.2. The molecule has 1 aromatic carbocycles. The number of benzene rings is 1. The number of carbonyl (C=O) groups excluding carboxylic acids is 1. The van der Waals surface area contributed by atoms with Crippen molar-refractivity contribution < 1.29 is 22.4 Å². The molecule has 1 aromatic heterocycles. The van der Waals surface area contributed by atoms with Gasteiger partial charge in [0.1, 0.15) is 11.5 Å². The summed E-state index contributed by atoms with van der Waals surface area (Å²) in [5, 5.41) is 3.71. The van der Waals surface area contributed by atoms with Crippen molar-refractivity contribution in [3.63, 3.8) is 0 Å². The standard InChI is InChI=1S/C16H15F4N3O/c1-22-14(16(18,19)20)9-12(21-22)15(24)23-8-2-3-13(23)10-4-6-11(17)7-5-10/h4-7,9,13H,2-3,8H2,1H3/t13-/m1/s1. The Labute approximate surface area is 135 Å². The topological polar surface area (TPSA) is 38.1 Å². The third-order valence-electron chi connectivity index (χ3n) is 4.16. The maximum atomic E-state index is 13.1. The number of likely N-dealkylation sites (tertiary alicyclic amines) is 1. The van der Waals surface area contributed by atoms with Gasteiger partial charge in [-0.05, 0) is 30.5 Å². The Balaban J connectivity index is 1.87. The Kier molecular flexibility index (Phi) is 4.06. The summed E-state index contributed by atoms with van der Waals surface area (Å²) in [7, 11) is 1.15. The van der Waals surface area contributed by atoms with E-state index in [0.717, 1.165) is 25.1 Å². The average Bonchev–Trinajstić information content (AvgIpc) is 3.13. The highest BCUT2D eigenvalue weighted by Gasteiger charge is 2.38. The van der Waals surface area contributed by atoms with Crippen molar-refractivity contribution in [1.82, 2.24) is 14.7 Å². The number of halogens is 4. The van der Waals surface area contributed by atoms with Gasteiger partial charge in [0, 0.05) is 19.7 Å². The fourth-order valence-corrected chi connectivity index (χ4v) is 3.03. The highest BCUT2D eigenvalue weighted by Crippen LogP contribution is 2.34. The van der Waals surface area contributed by atoms with Crippen LogP contribution in [0.1, 0.15) is 40.6 Å².